The van der Waals surface area contributed by atoms with Crippen LogP contribution < -0.4 is 0 Å². The maximum Gasteiger partial charge on any atom is 0.305 e. The fourth-order valence-electron chi connectivity index (χ4n) is 0.590. The van der Waals surface area contributed by atoms with E-state index in [9.17, 15) is 9.70 Å². The molecule has 0 aromatic rings. The molecule has 0 atom stereocenters. The van der Waals surface area contributed by atoms with E-state index in [1.165, 1.54) is 0 Å². The quantitative estimate of drug-likeness (QED) is 0.335. The van der Waals surface area contributed by atoms with E-state index in [0.29, 0.717) is 6.42 Å². The third-order valence-corrected chi connectivity index (χ3v) is 1.18. The molecule has 4 heteroatoms. The van der Waals surface area contributed by atoms with Crippen LogP contribution >= 0.6 is 0 Å². The Morgan fingerprint density at radius 3 is 2.82 bits per heavy atom. The van der Waals surface area contributed by atoms with Gasteiger partial charge in [0, 0.05) is 6.42 Å². The summed E-state index contributed by atoms with van der Waals surface area (Å²) >= 11 is 0. The number of rotatable bonds is 6. The predicted octanol–water partition coefficient (Wildman–Crippen LogP) is 1.49. The number of hydrogen-bond acceptors (Lipinski definition) is 4. The Morgan fingerprint density at radius 1 is 1.55 bits per heavy atom. The zero-order chi connectivity index (χ0) is 8.53. The molecule has 0 spiro atoms. The average molecular weight is 159 g/mol. The Hall–Kier alpha value is -0.930. The maximum atomic E-state index is 10.7. The fourth-order valence-corrected chi connectivity index (χ4v) is 0.590. The summed E-state index contributed by atoms with van der Waals surface area (Å²) in [4.78, 5) is 20.3. The van der Waals surface area contributed by atoms with Crippen molar-refractivity contribution in [1.29, 1.82) is 0 Å². The molecule has 0 bridgehead atoms. The van der Waals surface area contributed by atoms with Crippen LogP contribution in [0.15, 0.2) is 5.18 Å². The Labute approximate surface area is 65.9 Å². The molecule has 64 valence electrons. The lowest BCUT2D eigenvalue weighted by Crippen LogP contribution is -2.06. The standard InChI is InChI=1S/C7H13NO3/c1-2-3-4-7(9)11-6-5-8-10/h2-6H2,1H3. The van der Waals surface area contributed by atoms with Gasteiger partial charge in [0.1, 0.15) is 13.2 Å². The van der Waals surface area contributed by atoms with Gasteiger partial charge >= 0.3 is 5.97 Å². The third kappa shape index (κ3) is 6.96. The molecule has 0 heterocycles. The molecule has 0 radical (unpaired) electrons. The second-order valence-corrected chi connectivity index (χ2v) is 2.18. The van der Waals surface area contributed by atoms with Crippen molar-refractivity contribution in [3.05, 3.63) is 4.91 Å². The van der Waals surface area contributed by atoms with E-state index in [1.807, 2.05) is 6.92 Å². The molecule has 0 unspecified atom stereocenters. The summed E-state index contributed by atoms with van der Waals surface area (Å²) in [6.45, 7) is 2.17. The monoisotopic (exact) mass is 159 g/mol. The lowest BCUT2D eigenvalue weighted by molar-refractivity contribution is -0.143. The molecule has 0 aromatic heterocycles. The van der Waals surface area contributed by atoms with E-state index in [2.05, 4.69) is 9.91 Å². The lowest BCUT2D eigenvalue weighted by atomic mass is 10.2. The summed E-state index contributed by atoms with van der Waals surface area (Å²) in [6, 6.07) is 0. The Balaban J connectivity index is 3.15. The number of hydrogen-bond donors (Lipinski definition) is 0. The van der Waals surface area contributed by atoms with Crippen molar-refractivity contribution in [2.45, 2.75) is 26.2 Å². The molecule has 0 N–H and O–H groups in total. The topological polar surface area (TPSA) is 55.7 Å². The van der Waals surface area contributed by atoms with Gasteiger partial charge in [0.05, 0.1) is 0 Å². The second kappa shape index (κ2) is 7.18. The summed E-state index contributed by atoms with van der Waals surface area (Å²) in [7, 11) is 0. The molecule has 0 saturated heterocycles. The van der Waals surface area contributed by atoms with Crippen LogP contribution in [0.25, 0.3) is 0 Å². The van der Waals surface area contributed by atoms with E-state index < -0.39 is 0 Å². The Bertz CT molecular complexity index is 125. The number of nitroso groups, excluding NO2 is 1. The largest absolute Gasteiger partial charge is 0.464 e. The number of carbonyl (C=O) groups is 1. The van der Waals surface area contributed by atoms with Gasteiger partial charge < -0.3 is 4.74 Å². The van der Waals surface area contributed by atoms with Gasteiger partial charge in [0.15, 0.2) is 0 Å². The van der Waals surface area contributed by atoms with Crippen LogP contribution in [0.4, 0.5) is 0 Å². The third-order valence-electron chi connectivity index (χ3n) is 1.18. The van der Waals surface area contributed by atoms with Crippen molar-refractivity contribution in [3.8, 4) is 0 Å². The van der Waals surface area contributed by atoms with Crippen LogP contribution in [-0.4, -0.2) is 19.1 Å². The fraction of sp³-hybridized carbons (Fsp3) is 0.857. The summed E-state index contributed by atoms with van der Waals surface area (Å²) < 4.78 is 4.65. The first kappa shape index (κ1) is 10.1. The van der Waals surface area contributed by atoms with Gasteiger partial charge in [0.25, 0.3) is 0 Å². The smallest absolute Gasteiger partial charge is 0.305 e. The first-order valence-corrected chi connectivity index (χ1v) is 3.76. The van der Waals surface area contributed by atoms with Crippen molar-refractivity contribution >= 4 is 5.97 Å². The van der Waals surface area contributed by atoms with Crippen LogP contribution in [-0.2, 0) is 9.53 Å². The molecular formula is C7H13NO3. The molecule has 0 aliphatic rings. The molecule has 0 aliphatic carbocycles. The maximum absolute atomic E-state index is 10.7. The molecule has 0 rings (SSSR count). The van der Waals surface area contributed by atoms with Gasteiger partial charge in [-0.05, 0) is 6.42 Å². The van der Waals surface area contributed by atoms with Gasteiger partial charge in [-0.1, -0.05) is 18.5 Å². The van der Waals surface area contributed by atoms with Crippen LogP contribution in [0.2, 0.25) is 0 Å². The number of ether oxygens (including phenoxy) is 1. The normalized spacial score (nSPS) is 9.18. The number of unbranched alkanes of at least 4 members (excludes halogenated alkanes) is 1. The first-order chi connectivity index (χ1) is 5.31. The summed E-state index contributed by atoms with van der Waals surface area (Å²) in [6.07, 6.45) is 2.25. The van der Waals surface area contributed by atoms with Gasteiger partial charge in [0.2, 0.25) is 0 Å². The molecule has 4 nitrogen and oxygen atoms in total. The van der Waals surface area contributed by atoms with Crippen molar-refractivity contribution < 1.29 is 9.53 Å². The van der Waals surface area contributed by atoms with Crippen molar-refractivity contribution in [2.24, 2.45) is 5.18 Å². The van der Waals surface area contributed by atoms with E-state index in [1.54, 1.807) is 0 Å². The molecule has 0 saturated carbocycles. The molecular weight excluding hydrogens is 146 g/mol. The molecule has 0 fully saturated rings. The van der Waals surface area contributed by atoms with E-state index in [0.717, 1.165) is 12.8 Å². The number of carbonyl (C=O) groups excluding carboxylic acids is 1. The minimum absolute atomic E-state index is 0.0534. The zero-order valence-corrected chi connectivity index (χ0v) is 6.71. The van der Waals surface area contributed by atoms with Crippen molar-refractivity contribution in [2.75, 3.05) is 13.2 Å². The molecule has 0 amide bonds. The highest BCUT2D eigenvalue weighted by atomic mass is 16.5. The average Bonchev–Trinajstić information content (AvgIpc) is 2.01. The highest BCUT2D eigenvalue weighted by Gasteiger charge is 1.99. The van der Waals surface area contributed by atoms with E-state index in [4.69, 9.17) is 0 Å². The molecule has 0 aliphatic heterocycles. The van der Waals surface area contributed by atoms with Crippen LogP contribution in [0.1, 0.15) is 26.2 Å². The summed E-state index contributed by atoms with van der Waals surface area (Å²) in [5, 5.41) is 2.56. The van der Waals surface area contributed by atoms with Crippen LogP contribution in [0.5, 0.6) is 0 Å². The minimum Gasteiger partial charge on any atom is -0.464 e. The number of esters is 1. The van der Waals surface area contributed by atoms with Crippen molar-refractivity contribution in [1.82, 2.24) is 0 Å². The van der Waals surface area contributed by atoms with E-state index in [-0.39, 0.29) is 19.1 Å². The first-order valence-electron chi connectivity index (χ1n) is 3.76. The predicted molar refractivity (Wildman–Crippen MR) is 41.1 cm³/mol. The highest BCUT2D eigenvalue weighted by Crippen LogP contribution is 1.95. The van der Waals surface area contributed by atoms with Crippen LogP contribution in [0.3, 0.4) is 0 Å². The molecule has 0 aromatic carbocycles. The van der Waals surface area contributed by atoms with Gasteiger partial charge in [-0.15, -0.1) is 0 Å². The Morgan fingerprint density at radius 2 is 2.27 bits per heavy atom. The van der Waals surface area contributed by atoms with E-state index >= 15 is 0 Å². The van der Waals surface area contributed by atoms with Gasteiger partial charge in [-0.2, -0.15) is 4.91 Å². The van der Waals surface area contributed by atoms with Crippen molar-refractivity contribution in [3.63, 3.8) is 0 Å². The SMILES string of the molecule is CCCCC(=O)OCCN=O. The second-order valence-electron chi connectivity index (χ2n) is 2.18. The summed E-state index contributed by atoms with van der Waals surface area (Å²) in [5.41, 5.74) is 0. The van der Waals surface area contributed by atoms with Gasteiger partial charge in [-0.25, -0.2) is 0 Å². The van der Waals surface area contributed by atoms with Gasteiger partial charge in [-0.3, -0.25) is 4.79 Å². The highest BCUT2D eigenvalue weighted by molar-refractivity contribution is 5.69. The minimum atomic E-state index is -0.240. The Kier molecular flexibility index (Phi) is 6.57. The zero-order valence-electron chi connectivity index (χ0n) is 6.71. The summed E-state index contributed by atoms with van der Waals surface area (Å²) in [5.74, 6) is -0.240. The lowest BCUT2D eigenvalue weighted by Gasteiger charge is -1.99. The number of nitrogens with zero attached hydrogens (tertiary/aromatic N) is 1. The van der Waals surface area contributed by atoms with Crippen LogP contribution in [0, 0.1) is 4.91 Å². The molecule has 11 heavy (non-hydrogen) atoms.